The van der Waals surface area contributed by atoms with E-state index in [1.807, 2.05) is 23.5 Å². The van der Waals surface area contributed by atoms with Crippen molar-refractivity contribution in [3.05, 3.63) is 26.1 Å². The fraction of sp³-hybridized carbons (Fsp3) is 0.111. The highest BCUT2D eigenvalue weighted by Crippen LogP contribution is 2.36. The van der Waals surface area contributed by atoms with Gasteiger partial charge in [-0.15, -0.1) is 23.1 Å². The summed E-state index contributed by atoms with van der Waals surface area (Å²) >= 11 is 11.9. The minimum atomic E-state index is 0.825. The summed E-state index contributed by atoms with van der Waals surface area (Å²) in [6.45, 7) is 0. The van der Waals surface area contributed by atoms with E-state index in [4.69, 9.17) is 11.6 Å². The Morgan fingerprint density at radius 1 is 1.38 bits per heavy atom. The zero-order valence-electron chi connectivity index (χ0n) is 6.80. The molecule has 0 bridgehead atoms. The number of hydrogen-bond donors (Lipinski definition) is 0. The molecule has 13 heavy (non-hydrogen) atoms. The van der Waals surface area contributed by atoms with Crippen LogP contribution in [0.3, 0.4) is 0 Å². The van der Waals surface area contributed by atoms with Crippen molar-refractivity contribution in [3.8, 4) is 0 Å². The average Bonchev–Trinajstić information content (AvgIpc) is 2.43. The number of hydrogen-bond acceptors (Lipinski definition) is 2. The molecule has 1 heterocycles. The molecule has 0 aliphatic rings. The lowest BCUT2D eigenvalue weighted by atomic mass is 10.3. The highest BCUT2D eigenvalue weighted by atomic mass is 127. The summed E-state index contributed by atoms with van der Waals surface area (Å²) in [6, 6.07) is 6.22. The van der Waals surface area contributed by atoms with Gasteiger partial charge >= 0.3 is 0 Å². The lowest BCUT2D eigenvalue weighted by Gasteiger charge is -1.98. The molecule has 0 unspecified atom stereocenters. The fourth-order valence-corrected chi connectivity index (χ4v) is 4.19. The van der Waals surface area contributed by atoms with Gasteiger partial charge in [0.2, 0.25) is 0 Å². The zero-order valence-corrected chi connectivity index (χ0v) is 11.4. The van der Waals surface area contributed by atoms with Gasteiger partial charge in [0.05, 0.1) is 2.88 Å². The average molecular weight is 341 g/mol. The number of thiophene rings is 1. The molecule has 2 aromatic rings. The first-order valence-corrected chi connectivity index (χ1v) is 7.13. The summed E-state index contributed by atoms with van der Waals surface area (Å²) in [5.74, 6) is 0. The topological polar surface area (TPSA) is 0 Å². The Morgan fingerprint density at radius 2 is 2.15 bits per heavy atom. The van der Waals surface area contributed by atoms with Crippen molar-refractivity contribution in [2.75, 3.05) is 6.26 Å². The number of rotatable bonds is 1. The molecular weight excluding hydrogens is 335 g/mol. The van der Waals surface area contributed by atoms with Crippen LogP contribution in [-0.4, -0.2) is 6.26 Å². The third kappa shape index (κ3) is 1.98. The lowest BCUT2D eigenvalue weighted by Crippen LogP contribution is -1.70. The highest BCUT2D eigenvalue weighted by molar-refractivity contribution is 14.1. The molecule has 4 heteroatoms. The minimum Gasteiger partial charge on any atom is -0.128 e. The van der Waals surface area contributed by atoms with E-state index in [0.29, 0.717) is 0 Å². The van der Waals surface area contributed by atoms with Crippen molar-refractivity contribution < 1.29 is 0 Å². The van der Waals surface area contributed by atoms with E-state index in [-0.39, 0.29) is 0 Å². The molecule has 1 aromatic heterocycles. The van der Waals surface area contributed by atoms with E-state index in [2.05, 4.69) is 34.9 Å². The molecule has 68 valence electrons. The van der Waals surface area contributed by atoms with Gasteiger partial charge in [-0.2, -0.15) is 0 Å². The Bertz CT molecular complexity index is 450. The van der Waals surface area contributed by atoms with Crippen molar-refractivity contribution >= 4 is 67.4 Å². The molecule has 1 aromatic carbocycles. The number of thioether (sulfide) groups is 1. The molecule has 0 saturated heterocycles. The quantitative estimate of drug-likeness (QED) is 0.526. The second-order valence-electron chi connectivity index (χ2n) is 2.58. The van der Waals surface area contributed by atoms with Crippen LogP contribution >= 0.6 is 57.3 Å². The van der Waals surface area contributed by atoms with Crippen molar-refractivity contribution in [2.24, 2.45) is 0 Å². The number of benzene rings is 1. The molecule has 0 atom stereocenters. The van der Waals surface area contributed by atoms with Crippen LogP contribution in [0, 0.1) is 2.88 Å². The zero-order chi connectivity index (χ0) is 9.42. The minimum absolute atomic E-state index is 0.825. The van der Waals surface area contributed by atoms with E-state index in [1.54, 1.807) is 11.8 Å². The number of fused-ring (bicyclic) bond motifs is 1. The molecule has 0 nitrogen and oxygen atoms in total. The predicted octanol–water partition coefficient (Wildman–Crippen LogP) is 4.88. The van der Waals surface area contributed by atoms with E-state index in [9.17, 15) is 0 Å². The van der Waals surface area contributed by atoms with Gasteiger partial charge < -0.3 is 0 Å². The van der Waals surface area contributed by atoms with Crippen LogP contribution in [-0.2, 0) is 0 Å². The SMILES string of the molecule is CSc1cc(Cl)cc2cc(I)sc12. The van der Waals surface area contributed by atoms with Crippen molar-refractivity contribution in [2.45, 2.75) is 4.90 Å². The molecule has 0 radical (unpaired) electrons. The molecule has 0 fully saturated rings. The molecule has 0 spiro atoms. The third-order valence-corrected chi connectivity index (χ3v) is 4.79. The molecule has 2 rings (SSSR count). The van der Waals surface area contributed by atoms with Gasteiger partial charge in [0.1, 0.15) is 0 Å². The van der Waals surface area contributed by atoms with E-state index < -0.39 is 0 Å². The largest absolute Gasteiger partial charge is 0.128 e. The van der Waals surface area contributed by atoms with Crippen molar-refractivity contribution in [3.63, 3.8) is 0 Å². The third-order valence-electron chi connectivity index (χ3n) is 1.74. The van der Waals surface area contributed by atoms with Crippen molar-refractivity contribution in [1.82, 2.24) is 0 Å². The van der Waals surface area contributed by atoms with Crippen LogP contribution < -0.4 is 0 Å². The van der Waals surface area contributed by atoms with E-state index >= 15 is 0 Å². The van der Waals surface area contributed by atoms with Crippen molar-refractivity contribution in [1.29, 1.82) is 0 Å². The summed E-state index contributed by atoms with van der Waals surface area (Å²) < 4.78 is 2.66. The smallest absolute Gasteiger partial charge is 0.0666 e. The summed E-state index contributed by atoms with van der Waals surface area (Å²) in [4.78, 5) is 1.27. The maximum absolute atomic E-state index is 6.00. The Hall–Kier alpha value is 0.550. The van der Waals surface area contributed by atoms with Crippen LogP contribution in [0.1, 0.15) is 0 Å². The number of halogens is 2. The summed E-state index contributed by atoms with van der Waals surface area (Å²) in [5.41, 5.74) is 0. The molecule has 0 aliphatic heterocycles. The Morgan fingerprint density at radius 3 is 2.85 bits per heavy atom. The lowest BCUT2D eigenvalue weighted by molar-refractivity contribution is 1.59. The first-order valence-electron chi connectivity index (χ1n) is 3.63. The normalized spacial score (nSPS) is 11.0. The van der Waals surface area contributed by atoms with Gasteiger partial charge in [0, 0.05) is 14.6 Å². The summed E-state index contributed by atoms with van der Waals surface area (Å²) in [5, 5.41) is 2.08. The summed E-state index contributed by atoms with van der Waals surface area (Å²) in [7, 11) is 0. The van der Waals surface area contributed by atoms with Gasteiger partial charge in [0.15, 0.2) is 0 Å². The highest BCUT2D eigenvalue weighted by Gasteiger charge is 2.05. The Balaban J connectivity index is 2.80. The Labute approximate surface area is 104 Å². The molecule has 0 aliphatic carbocycles. The first-order chi connectivity index (χ1) is 6.20. The molecular formula is C9H6ClIS2. The fourth-order valence-electron chi connectivity index (χ4n) is 1.21. The summed E-state index contributed by atoms with van der Waals surface area (Å²) in [6.07, 6.45) is 2.08. The maximum Gasteiger partial charge on any atom is 0.0666 e. The molecule has 0 N–H and O–H groups in total. The van der Waals surface area contributed by atoms with Crippen LogP contribution in [0.5, 0.6) is 0 Å². The Kier molecular flexibility index (Phi) is 3.07. The van der Waals surface area contributed by atoms with Crippen LogP contribution in [0.15, 0.2) is 23.1 Å². The van der Waals surface area contributed by atoms with Gasteiger partial charge in [-0.05, 0) is 52.4 Å². The monoisotopic (exact) mass is 340 g/mol. The van der Waals surface area contributed by atoms with Crippen LogP contribution in [0.4, 0.5) is 0 Å². The van der Waals surface area contributed by atoms with E-state index in [1.165, 1.54) is 17.9 Å². The molecule has 0 saturated carbocycles. The second kappa shape index (κ2) is 3.96. The van der Waals surface area contributed by atoms with Crippen LogP contribution in [0.2, 0.25) is 5.02 Å². The predicted molar refractivity (Wildman–Crippen MR) is 71.3 cm³/mol. The van der Waals surface area contributed by atoms with Gasteiger partial charge in [-0.3, -0.25) is 0 Å². The molecule has 0 amide bonds. The second-order valence-corrected chi connectivity index (χ2v) is 6.81. The first kappa shape index (κ1) is 10.1. The van der Waals surface area contributed by atoms with E-state index in [0.717, 1.165) is 5.02 Å². The van der Waals surface area contributed by atoms with Gasteiger partial charge in [0.25, 0.3) is 0 Å². The van der Waals surface area contributed by atoms with Gasteiger partial charge in [-0.25, -0.2) is 0 Å². The van der Waals surface area contributed by atoms with Crippen LogP contribution in [0.25, 0.3) is 10.1 Å². The maximum atomic E-state index is 6.00. The standard InChI is InChI=1S/C9H6ClIS2/c1-12-7-4-6(10)2-5-3-8(11)13-9(5)7/h2-4H,1H3. The van der Waals surface area contributed by atoms with Gasteiger partial charge in [-0.1, -0.05) is 11.6 Å².